The molecular weight excluding hydrogens is 521 g/mol. The number of pyridine rings is 1. The number of hydrogen-bond acceptors (Lipinski definition) is 8. The summed E-state index contributed by atoms with van der Waals surface area (Å²) in [6, 6.07) is 4.47. The number of ether oxygens (including phenoxy) is 1. The molecule has 5 aromatic rings. The minimum atomic E-state index is -4.74. The minimum absolute atomic E-state index is 0.114. The average Bonchev–Trinajstić information content (AvgIpc) is 3.66. The Kier molecular flexibility index (Phi) is 5.35. The number of nitrogens with one attached hydrogen (secondary N) is 1. The molecule has 1 N–H and O–H groups in total. The highest BCUT2D eigenvalue weighted by atomic mass is 19.4. The molecule has 6 heterocycles. The van der Waals surface area contributed by atoms with Crippen LogP contribution in [0.15, 0.2) is 47.4 Å². The van der Waals surface area contributed by atoms with Crippen molar-refractivity contribution in [3.63, 3.8) is 0 Å². The Hall–Kier alpha value is -4.83. The van der Waals surface area contributed by atoms with Crippen LogP contribution in [0.2, 0.25) is 0 Å². The minimum Gasteiger partial charge on any atom is -0.433 e. The van der Waals surface area contributed by atoms with Gasteiger partial charge < -0.3 is 19.0 Å². The van der Waals surface area contributed by atoms with E-state index in [1.165, 1.54) is 40.1 Å². The first-order valence-corrected chi connectivity index (χ1v) is 10.9. The molecule has 0 spiro atoms. The Morgan fingerprint density at radius 2 is 2.03 bits per heavy atom. The zero-order valence-corrected chi connectivity index (χ0v) is 18.8. The molecule has 0 aliphatic carbocycles. The summed E-state index contributed by atoms with van der Waals surface area (Å²) in [5, 5.41) is 15.2. The molecule has 0 bridgehead atoms. The molecule has 0 radical (unpaired) electrons. The van der Waals surface area contributed by atoms with E-state index in [0.29, 0.717) is 24.0 Å². The number of H-pyrrole nitrogens is 1. The third kappa shape index (κ3) is 4.00. The van der Waals surface area contributed by atoms with Crippen LogP contribution in [0.4, 0.5) is 22.0 Å². The summed E-state index contributed by atoms with van der Waals surface area (Å²) in [5.41, 5.74) is 1.46. The highest BCUT2D eigenvalue weighted by molar-refractivity contribution is 5.90. The standard InChI is InChI=1S/C21H14F5N9O3/c22-20(23)37-14-2-1-5-34-13(14)8-12(31-34)16-15-10(27-9-28-15)3-6-33(16)19(36)18-30-29-17(38-18)11-4-7-35(32-11)21(24,25)26/h1-2,4-5,7-9,16,20H,3,6H2,(H,27,28). The Bertz CT molecular complexity index is 1640. The molecule has 12 nitrogen and oxygen atoms in total. The zero-order valence-electron chi connectivity index (χ0n) is 18.8. The SMILES string of the molecule is O=C(c1nnc(-c2ccn(C(F)(F)F)n2)o1)N1CCc2[nH]cnc2C1c1cc2c(OC(F)F)cccn2n1. The van der Waals surface area contributed by atoms with Crippen LogP contribution in [0.5, 0.6) is 5.75 Å². The van der Waals surface area contributed by atoms with Gasteiger partial charge in [-0.15, -0.1) is 23.4 Å². The maximum Gasteiger partial charge on any atom is 0.504 e. The molecule has 0 fully saturated rings. The summed E-state index contributed by atoms with van der Waals surface area (Å²) in [7, 11) is 0. The number of nitrogens with zero attached hydrogens (tertiary/aromatic N) is 8. The van der Waals surface area contributed by atoms with E-state index in [2.05, 4.69) is 35.1 Å². The van der Waals surface area contributed by atoms with Crippen molar-refractivity contribution in [1.29, 1.82) is 0 Å². The van der Waals surface area contributed by atoms with Gasteiger partial charge in [-0.2, -0.15) is 23.7 Å². The van der Waals surface area contributed by atoms with Crippen LogP contribution in [0, 0.1) is 0 Å². The molecule has 1 aliphatic rings. The summed E-state index contributed by atoms with van der Waals surface area (Å²) < 4.78 is 75.5. The summed E-state index contributed by atoms with van der Waals surface area (Å²) in [4.78, 5) is 22.2. The molecule has 196 valence electrons. The first-order valence-electron chi connectivity index (χ1n) is 10.9. The van der Waals surface area contributed by atoms with E-state index in [4.69, 9.17) is 4.42 Å². The molecular formula is C21H14F5N9O3. The molecule has 1 amide bonds. The van der Waals surface area contributed by atoms with Gasteiger partial charge in [0.2, 0.25) is 0 Å². The first-order chi connectivity index (χ1) is 18.2. The lowest BCUT2D eigenvalue weighted by Gasteiger charge is -2.32. The van der Waals surface area contributed by atoms with Crippen molar-refractivity contribution in [2.24, 2.45) is 0 Å². The van der Waals surface area contributed by atoms with Crippen molar-refractivity contribution < 1.29 is 35.9 Å². The number of aromatic nitrogens is 8. The van der Waals surface area contributed by atoms with Gasteiger partial charge in [0.15, 0.2) is 5.75 Å². The Labute approximate surface area is 207 Å². The van der Waals surface area contributed by atoms with Gasteiger partial charge in [-0.3, -0.25) is 4.79 Å². The van der Waals surface area contributed by atoms with Gasteiger partial charge >= 0.3 is 24.7 Å². The summed E-state index contributed by atoms with van der Waals surface area (Å²) in [5.74, 6) is -1.72. The second kappa shape index (κ2) is 8.63. The van der Waals surface area contributed by atoms with Crippen LogP contribution < -0.4 is 4.74 Å². The number of amides is 1. The van der Waals surface area contributed by atoms with E-state index in [1.807, 2.05) is 0 Å². The number of carbonyl (C=O) groups excluding carboxylic acids is 1. The molecule has 0 saturated carbocycles. The van der Waals surface area contributed by atoms with E-state index in [0.717, 1.165) is 11.8 Å². The fourth-order valence-corrected chi connectivity index (χ4v) is 4.25. The number of carbonyl (C=O) groups is 1. The van der Waals surface area contributed by atoms with Crippen LogP contribution in [0.25, 0.3) is 17.1 Å². The van der Waals surface area contributed by atoms with Crippen LogP contribution >= 0.6 is 0 Å². The van der Waals surface area contributed by atoms with E-state index in [9.17, 15) is 26.7 Å². The van der Waals surface area contributed by atoms with Gasteiger partial charge in [0.1, 0.15) is 17.3 Å². The number of imidazole rings is 1. The smallest absolute Gasteiger partial charge is 0.433 e. The fourth-order valence-electron chi connectivity index (χ4n) is 4.25. The van der Waals surface area contributed by atoms with Crippen LogP contribution in [0.1, 0.15) is 33.8 Å². The van der Waals surface area contributed by atoms with Gasteiger partial charge in [0, 0.05) is 31.1 Å². The number of halogens is 5. The number of alkyl halides is 5. The van der Waals surface area contributed by atoms with Gasteiger partial charge in [-0.05, 0) is 24.3 Å². The predicted octanol–water partition coefficient (Wildman–Crippen LogP) is 3.17. The molecule has 38 heavy (non-hydrogen) atoms. The van der Waals surface area contributed by atoms with Gasteiger partial charge in [-0.1, -0.05) is 0 Å². The molecule has 0 aromatic carbocycles. The number of hydrogen-bond donors (Lipinski definition) is 1. The molecule has 1 atom stereocenters. The van der Waals surface area contributed by atoms with E-state index in [1.54, 1.807) is 0 Å². The Balaban J connectivity index is 1.36. The maximum atomic E-state index is 13.5. The summed E-state index contributed by atoms with van der Waals surface area (Å²) >= 11 is 0. The Morgan fingerprint density at radius 3 is 2.79 bits per heavy atom. The molecule has 5 aromatic heterocycles. The maximum absolute atomic E-state index is 13.5. The summed E-state index contributed by atoms with van der Waals surface area (Å²) in [6.07, 6.45) is -0.693. The first kappa shape index (κ1) is 23.6. The van der Waals surface area contributed by atoms with Crippen molar-refractivity contribution in [2.45, 2.75) is 25.4 Å². The lowest BCUT2D eigenvalue weighted by Crippen LogP contribution is -2.41. The van der Waals surface area contributed by atoms with Crippen LogP contribution in [-0.4, -0.2) is 63.5 Å². The normalized spacial score (nSPS) is 15.8. The highest BCUT2D eigenvalue weighted by Crippen LogP contribution is 2.36. The van der Waals surface area contributed by atoms with Crippen molar-refractivity contribution in [1.82, 2.24) is 44.5 Å². The quantitative estimate of drug-likeness (QED) is 0.340. The van der Waals surface area contributed by atoms with E-state index < -0.39 is 30.8 Å². The van der Waals surface area contributed by atoms with Crippen molar-refractivity contribution >= 4 is 11.4 Å². The molecule has 0 saturated heterocycles. The molecule has 6 rings (SSSR count). The van der Waals surface area contributed by atoms with Crippen molar-refractivity contribution in [3.8, 4) is 17.3 Å². The lowest BCUT2D eigenvalue weighted by atomic mass is 9.99. The third-order valence-corrected chi connectivity index (χ3v) is 5.84. The lowest BCUT2D eigenvalue weighted by molar-refractivity contribution is -0.212. The number of aromatic amines is 1. The average molecular weight is 535 g/mol. The topological polar surface area (TPSA) is 132 Å². The fraction of sp³-hybridized carbons (Fsp3) is 0.238. The second-order valence-electron chi connectivity index (χ2n) is 8.09. The predicted molar refractivity (Wildman–Crippen MR) is 114 cm³/mol. The third-order valence-electron chi connectivity index (χ3n) is 5.84. The molecule has 1 aliphatic heterocycles. The van der Waals surface area contributed by atoms with Crippen molar-refractivity contribution in [2.75, 3.05) is 6.54 Å². The second-order valence-corrected chi connectivity index (χ2v) is 8.09. The monoisotopic (exact) mass is 535 g/mol. The zero-order chi connectivity index (χ0) is 26.6. The van der Waals surface area contributed by atoms with E-state index in [-0.39, 0.29) is 34.1 Å². The summed E-state index contributed by atoms with van der Waals surface area (Å²) in [6.45, 7) is -2.90. The number of fused-ring (bicyclic) bond motifs is 2. The van der Waals surface area contributed by atoms with Crippen molar-refractivity contribution in [3.05, 3.63) is 66.0 Å². The number of rotatable bonds is 5. The largest absolute Gasteiger partial charge is 0.504 e. The highest BCUT2D eigenvalue weighted by Gasteiger charge is 2.39. The van der Waals surface area contributed by atoms with Gasteiger partial charge in [0.05, 0.1) is 17.7 Å². The Morgan fingerprint density at radius 1 is 1.18 bits per heavy atom. The van der Waals surface area contributed by atoms with Crippen LogP contribution in [0.3, 0.4) is 0 Å². The van der Waals surface area contributed by atoms with Crippen LogP contribution in [-0.2, 0) is 12.7 Å². The molecule has 1 unspecified atom stereocenters. The van der Waals surface area contributed by atoms with Gasteiger partial charge in [0.25, 0.3) is 5.89 Å². The van der Waals surface area contributed by atoms with Gasteiger partial charge in [-0.25, -0.2) is 9.50 Å². The van der Waals surface area contributed by atoms with E-state index >= 15 is 0 Å². The molecule has 17 heteroatoms.